The zero-order valence-electron chi connectivity index (χ0n) is 11.7. The van der Waals surface area contributed by atoms with Crippen molar-refractivity contribution in [2.45, 2.75) is 38.8 Å². The fourth-order valence-electron chi connectivity index (χ4n) is 2.62. The third-order valence-corrected chi connectivity index (χ3v) is 3.66. The molecule has 2 N–H and O–H groups in total. The van der Waals surface area contributed by atoms with Gasteiger partial charge in [0, 0.05) is 25.2 Å². The van der Waals surface area contributed by atoms with Crippen LogP contribution in [0.2, 0.25) is 0 Å². The van der Waals surface area contributed by atoms with Crippen molar-refractivity contribution in [1.29, 1.82) is 0 Å². The van der Waals surface area contributed by atoms with Crippen LogP contribution in [-0.2, 0) is 0 Å². The van der Waals surface area contributed by atoms with Crippen molar-refractivity contribution >= 4 is 0 Å². The van der Waals surface area contributed by atoms with E-state index < -0.39 is 0 Å². The molecule has 102 valence electrons. The standard InChI is InChI=1S/C13H29N3O/c1-4-14-13(11-17)6-9-16-8-5-7-15(3)10-12(16)2/h12-14,17H,4-11H2,1-3H3. The molecule has 1 saturated heterocycles. The van der Waals surface area contributed by atoms with Crippen LogP contribution in [0.1, 0.15) is 26.7 Å². The smallest absolute Gasteiger partial charge is 0.0585 e. The zero-order chi connectivity index (χ0) is 12.7. The molecule has 2 atom stereocenters. The minimum Gasteiger partial charge on any atom is -0.395 e. The van der Waals surface area contributed by atoms with Gasteiger partial charge in [-0.1, -0.05) is 6.92 Å². The summed E-state index contributed by atoms with van der Waals surface area (Å²) in [6, 6.07) is 0.886. The maximum Gasteiger partial charge on any atom is 0.0585 e. The molecule has 0 aliphatic carbocycles. The first-order valence-corrected chi connectivity index (χ1v) is 6.94. The van der Waals surface area contributed by atoms with Crippen LogP contribution in [0.4, 0.5) is 0 Å². The second kappa shape index (κ2) is 8.03. The summed E-state index contributed by atoms with van der Waals surface area (Å²) in [5.41, 5.74) is 0. The van der Waals surface area contributed by atoms with E-state index in [1.54, 1.807) is 0 Å². The summed E-state index contributed by atoms with van der Waals surface area (Å²) < 4.78 is 0. The molecule has 0 aromatic carbocycles. The molecule has 0 spiro atoms. The average molecular weight is 243 g/mol. The Morgan fingerprint density at radius 2 is 2.18 bits per heavy atom. The number of aliphatic hydroxyl groups excluding tert-OH is 1. The van der Waals surface area contributed by atoms with E-state index in [9.17, 15) is 5.11 Å². The van der Waals surface area contributed by atoms with E-state index in [-0.39, 0.29) is 12.6 Å². The molecule has 1 aliphatic rings. The maximum absolute atomic E-state index is 9.26. The molecule has 17 heavy (non-hydrogen) atoms. The second-order valence-corrected chi connectivity index (χ2v) is 5.23. The monoisotopic (exact) mass is 243 g/mol. The van der Waals surface area contributed by atoms with Crippen LogP contribution in [0, 0.1) is 0 Å². The van der Waals surface area contributed by atoms with Gasteiger partial charge in [0.2, 0.25) is 0 Å². The third-order valence-electron chi connectivity index (χ3n) is 3.66. The first kappa shape index (κ1) is 14.9. The number of nitrogens with one attached hydrogen (secondary N) is 1. The quantitative estimate of drug-likeness (QED) is 0.707. The van der Waals surface area contributed by atoms with Crippen molar-refractivity contribution in [3.8, 4) is 0 Å². The molecule has 0 amide bonds. The summed E-state index contributed by atoms with van der Waals surface area (Å²) in [6.07, 6.45) is 2.30. The van der Waals surface area contributed by atoms with Gasteiger partial charge in [-0.3, -0.25) is 4.90 Å². The lowest BCUT2D eigenvalue weighted by Crippen LogP contribution is -2.42. The summed E-state index contributed by atoms with van der Waals surface area (Å²) in [4.78, 5) is 4.97. The first-order chi connectivity index (χ1) is 8.17. The van der Waals surface area contributed by atoms with Crippen molar-refractivity contribution in [1.82, 2.24) is 15.1 Å². The summed E-state index contributed by atoms with van der Waals surface area (Å²) in [5, 5.41) is 12.6. The van der Waals surface area contributed by atoms with Crippen LogP contribution in [0.5, 0.6) is 0 Å². The van der Waals surface area contributed by atoms with E-state index in [0.29, 0.717) is 6.04 Å². The highest BCUT2D eigenvalue weighted by Gasteiger charge is 2.20. The van der Waals surface area contributed by atoms with E-state index in [0.717, 1.165) is 26.1 Å². The van der Waals surface area contributed by atoms with Gasteiger partial charge in [0.1, 0.15) is 0 Å². The van der Waals surface area contributed by atoms with Crippen LogP contribution >= 0.6 is 0 Å². The van der Waals surface area contributed by atoms with Crippen LogP contribution in [0.3, 0.4) is 0 Å². The Hall–Kier alpha value is -0.160. The van der Waals surface area contributed by atoms with Gasteiger partial charge >= 0.3 is 0 Å². The van der Waals surface area contributed by atoms with Gasteiger partial charge in [-0.2, -0.15) is 0 Å². The van der Waals surface area contributed by atoms with Gasteiger partial charge < -0.3 is 15.3 Å². The van der Waals surface area contributed by atoms with E-state index in [2.05, 4.69) is 36.0 Å². The first-order valence-electron chi connectivity index (χ1n) is 6.94. The molecule has 1 aliphatic heterocycles. The third kappa shape index (κ3) is 5.34. The molecule has 0 aromatic heterocycles. The van der Waals surface area contributed by atoms with Gasteiger partial charge in [-0.25, -0.2) is 0 Å². The molecular weight excluding hydrogens is 214 g/mol. The topological polar surface area (TPSA) is 38.7 Å². The highest BCUT2D eigenvalue weighted by atomic mass is 16.3. The van der Waals surface area contributed by atoms with E-state index in [4.69, 9.17) is 0 Å². The van der Waals surface area contributed by atoms with Crippen molar-refractivity contribution in [3.63, 3.8) is 0 Å². The lowest BCUT2D eigenvalue weighted by atomic mass is 10.2. The molecular formula is C13H29N3O. The fraction of sp³-hybridized carbons (Fsp3) is 1.00. The number of likely N-dealkylation sites (N-methyl/N-ethyl adjacent to an activating group) is 2. The van der Waals surface area contributed by atoms with E-state index in [1.807, 2.05) is 0 Å². The van der Waals surface area contributed by atoms with Crippen molar-refractivity contribution in [2.75, 3.05) is 46.4 Å². The fourth-order valence-corrected chi connectivity index (χ4v) is 2.62. The van der Waals surface area contributed by atoms with Gasteiger partial charge in [0.15, 0.2) is 0 Å². The van der Waals surface area contributed by atoms with Gasteiger partial charge in [0.25, 0.3) is 0 Å². The predicted octanol–water partition coefficient (Wildman–Crippen LogP) is 0.373. The summed E-state index contributed by atoms with van der Waals surface area (Å²) >= 11 is 0. The largest absolute Gasteiger partial charge is 0.395 e. The minimum absolute atomic E-state index is 0.246. The number of nitrogens with zero attached hydrogens (tertiary/aromatic N) is 2. The summed E-state index contributed by atoms with van der Waals surface area (Å²) in [7, 11) is 2.20. The van der Waals surface area contributed by atoms with E-state index >= 15 is 0 Å². The molecule has 0 aromatic rings. The van der Waals surface area contributed by atoms with Crippen LogP contribution in [0.25, 0.3) is 0 Å². The Balaban J connectivity index is 2.33. The van der Waals surface area contributed by atoms with Crippen LogP contribution in [0.15, 0.2) is 0 Å². The molecule has 0 radical (unpaired) electrons. The lowest BCUT2D eigenvalue weighted by molar-refractivity contribution is 0.174. The SMILES string of the molecule is CCNC(CO)CCN1CCCN(C)CC1C. The van der Waals surface area contributed by atoms with Gasteiger partial charge in [0.05, 0.1) is 6.61 Å². The Labute approximate surface area is 106 Å². The Morgan fingerprint density at radius 1 is 1.41 bits per heavy atom. The Bertz CT molecular complexity index is 201. The van der Waals surface area contributed by atoms with Crippen molar-refractivity contribution in [3.05, 3.63) is 0 Å². The lowest BCUT2D eigenvalue weighted by Gasteiger charge is -2.29. The number of rotatable bonds is 6. The Morgan fingerprint density at radius 3 is 2.82 bits per heavy atom. The van der Waals surface area contributed by atoms with Crippen LogP contribution in [-0.4, -0.2) is 73.4 Å². The molecule has 2 unspecified atom stereocenters. The average Bonchev–Trinajstić information content (AvgIpc) is 2.46. The molecule has 0 bridgehead atoms. The highest BCUT2D eigenvalue weighted by molar-refractivity contribution is 4.77. The van der Waals surface area contributed by atoms with E-state index in [1.165, 1.54) is 19.5 Å². The second-order valence-electron chi connectivity index (χ2n) is 5.23. The van der Waals surface area contributed by atoms with Crippen molar-refractivity contribution < 1.29 is 5.11 Å². The summed E-state index contributed by atoms with van der Waals surface area (Å²) in [6.45, 7) is 10.2. The van der Waals surface area contributed by atoms with Gasteiger partial charge in [-0.15, -0.1) is 0 Å². The number of aliphatic hydroxyl groups is 1. The normalized spacial score (nSPS) is 25.8. The number of hydrogen-bond acceptors (Lipinski definition) is 4. The summed E-state index contributed by atoms with van der Waals surface area (Å²) in [5.74, 6) is 0. The molecule has 4 heteroatoms. The predicted molar refractivity (Wildman–Crippen MR) is 72.3 cm³/mol. The zero-order valence-corrected chi connectivity index (χ0v) is 11.7. The Kier molecular flexibility index (Phi) is 7.04. The number of hydrogen-bond donors (Lipinski definition) is 2. The molecule has 4 nitrogen and oxygen atoms in total. The molecule has 0 saturated carbocycles. The minimum atomic E-state index is 0.246. The van der Waals surface area contributed by atoms with Crippen molar-refractivity contribution in [2.24, 2.45) is 0 Å². The molecule has 1 heterocycles. The highest BCUT2D eigenvalue weighted by Crippen LogP contribution is 2.09. The van der Waals surface area contributed by atoms with Gasteiger partial charge in [-0.05, 0) is 46.4 Å². The van der Waals surface area contributed by atoms with Crippen LogP contribution < -0.4 is 5.32 Å². The molecule has 1 rings (SSSR count). The molecule has 1 fully saturated rings. The maximum atomic E-state index is 9.26.